The maximum absolute atomic E-state index is 5.05. The van der Waals surface area contributed by atoms with Crippen LogP contribution in [0.5, 0.6) is 0 Å². The Morgan fingerprint density at radius 3 is 1.37 bits per heavy atom. The first kappa shape index (κ1) is 27.8. The highest BCUT2D eigenvalue weighted by atomic mass is 32.1. The minimum Gasteiger partial charge on any atom is -0.240 e. The van der Waals surface area contributed by atoms with Crippen molar-refractivity contribution in [2.75, 3.05) is 0 Å². The van der Waals surface area contributed by atoms with Crippen LogP contribution in [0.15, 0.2) is 164 Å². The Bertz CT molecular complexity index is 2780. The number of nitrogens with one attached hydrogen (secondary N) is 1. The number of benzene rings is 8. The fraction of sp³-hybridized carbons (Fsp3) is 0. The molecule has 3 nitrogen and oxygen atoms in total. The van der Waals surface area contributed by atoms with Gasteiger partial charge in [-0.1, -0.05) is 113 Å². The van der Waals surface area contributed by atoms with E-state index in [4.69, 9.17) is 9.97 Å². The minimum atomic E-state index is 0.697. The molecular formula is C45H28N3S+. The van der Waals surface area contributed by atoms with Crippen LogP contribution in [0.4, 0.5) is 0 Å². The highest BCUT2D eigenvalue weighted by Crippen LogP contribution is 2.40. The highest BCUT2D eigenvalue weighted by Gasteiger charge is 2.20. The predicted octanol–water partition coefficient (Wildman–Crippen LogP) is 11.8. The van der Waals surface area contributed by atoms with Crippen LogP contribution in [0.3, 0.4) is 0 Å². The molecule has 8 aromatic carbocycles. The van der Waals surface area contributed by atoms with E-state index in [1.807, 2.05) is 47.7 Å². The Morgan fingerprint density at radius 2 is 0.755 bits per heavy atom. The molecule has 0 atom stereocenters. The molecule has 2 heterocycles. The Balaban J connectivity index is 1.13. The molecule has 49 heavy (non-hydrogen) atoms. The van der Waals surface area contributed by atoms with Gasteiger partial charge in [-0.2, -0.15) is 0 Å². The second-order valence-electron chi connectivity index (χ2n) is 12.5. The molecule has 10 aromatic rings. The third kappa shape index (κ3) is 4.68. The number of hydrogen-bond acceptors (Lipinski definition) is 3. The number of nitrogens with zero attached hydrogens (tertiary/aromatic N) is 2. The molecule has 0 amide bonds. The normalized spacial score (nSPS) is 11.7. The van der Waals surface area contributed by atoms with Crippen molar-refractivity contribution in [3.63, 3.8) is 0 Å². The van der Waals surface area contributed by atoms with Crippen molar-refractivity contribution < 1.29 is 4.98 Å². The molecular weight excluding hydrogens is 615 g/mol. The minimum absolute atomic E-state index is 0.697. The summed E-state index contributed by atoms with van der Waals surface area (Å²) in [6, 6.07) is 58.5. The van der Waals surface area contributed by atoms with Crippen LogP contribution in [-0.4, -0.2) is 9.97 Å². The third-order valence-corrected chi connectivity index (χ3v) is 10.7. The van der Waals surface area contributed by atoms with Crippen molar-refractivity contribution in [1.82, 2.24) is 9.97 Å². The van der Waals surface area contributed by atoms with Gasteiger partial charge in [0.2, 0.25) is 0 Å². The summed E-state index contributed by atoms with van der Waals surface area (Å²) in [7, 11) is 0. The summed E-state index contributed by atoms with van der Waals surface area (Å²) in [6.07, 6.45) is 0. The molecule has 4 heteroatoms. The van der Waals surface area contributed by atoms with Gasteiger partial charge in [0.15, 0.2) is 0 Å². The van der Waals surface area contributed by atoms with Gasteiger partial charge >= 0.3 is 5.82 Å². The number of fused-ring (bicyclic) bond motifs is 9. The van der Waals surface area contributed by atoms with Crippen molar-refractivity contribution in [2.45, 2.75) is 0 Å². The van der Waals surface area contributed by atoms with Gasteiger partial charge in [0.25, 0.3) is 11.6 Å². The van der Waals surface area contributed by atoms with E-state index in [9.17, 15) is 0 Å². The lowest BCUT2D eigenvalue weighted by molar-refractivity contribution is -0.359. The van der Waals surface area contributed by atoms with Crippen LogP contribution < -0.4 is 4.98 Å². The smallest absolute Gasteiger partial charge is 0.240 e. The number of aromatic amines is 1. The van der Waals surface area contributed by atoms with Gasteiger partial charge in [0, 0.05) is 20.2 Å². The van der Waals surface area contributed by atoms with Gasteiger partial charge in [-0.3, -0.25) is 0 Å². The standard InChI is InChI=1S/C45H27N3S/c1-3-11-28(12-4-1)43-46-44(29-13-5-2-6-14-29)48-45(47-43)32-21-24-42-40(27-32)39-26-31(20-23-41(39)49-42)30-19-22-37-35-17-8-7-15-33(35)34-16-9-10-18-36(34)38(37)25-30/h1-27H/p+1. The monoisotopic (exact) mass is 642 g/mol. The van der Waals surface area contributed by atoms with Crippen molar-refractivity contribution in [1.29, 1.82) is 0 Å². The summed E-state index contributed by atoms with van der Waals surface area (Å²) >= 11 is 1.83. The summed E-state index contributed by atoms with van der Waals surface area (Å²) in [5.41, 5.74) is 5.46. The van der Waals surface area contributed by atoms with Gasteiger partial charge in [-0.15, -0.1) is 11.3 Å². The molecule has 0 aliphatic carbocycles. The lowest BCUT2D eigenvalue weighted by Crippen LogP contribution is -2.16. The summed E-state index contributed by atoms with van der Waals surface area (Å²) in [5.74, 6) is 2.28. The van der Waals surface area contributed by atoms with E-state index >= 15 is 0 Å². The fourth-order valence-electron chi connectivity index (χ4n) is 7.18. The molecule has 0 unspecified atom stereocenters. The van der Waals surface area contributed by atoms with Gasteiger partial charge < -0.3 is 0 Å². The van der Waals surface area contributed by atoms with Gasteiger partial charge in [0.1, 0.15) is 0 Å². The molecule has 0 radical (unpaired) electrons. The van der Waals surface area contributed by atoms with E-state index in [1.165, 1.54) is 63.6 Å². The Morgan fingerprint density at radius 1 is 0.327 bits per heavy atom. The van der Waals surface area contributed by atoms with Crippen molar-refractivity contribution in [3.05, 3.63) is 164 Å². The largest absolute Gasteiger partial charge is 0.308 e. The third-order valence-electron chi connectivity index (χ3n) is 9.57. The zero-order valence-corrected chi connectivity index (χ0v) is 27.2. The number of aromatic nitrogens is 3. The van der Waals surface area contributed by atoms with Crippen molar-refractivity contribution in [2.24, 2.45) is 0 Å². The number of rotatable bonds is 4. The molecule has 0 bridgehead atoms. The van der Waals surface area contributed by atoms with Gasteiger partial charge in [0.05, 0.1) is 16.7 Å². The van der Waals surface area contributed by atoms with Gasteiger partial charge in [-0.05, 0) is 104 Å². The molecule has 0 spiro atoms. The molecule has 0 aliphatic heterocycles. The van der Waals surface area contributed by atoms with E-state index in [0.29, 0.717) is 5.82 Å². The van der Waals surface area contributed by atoms with E-state index in [1.54, 1.807) is 0 Å². The van der Waals surface area contributed by atoms with E-state index in [0.717, 1.165) is 28.3 Å². The number of hydrogen-bond donors (Lipinski definition) is 0. The molecule has 1 N–H and O–H groups in total. The average molecular weight is 643 g/mol. The zero-order valence-electron chi connectivity index (χ0n) is 26.4. The summed E-state index contributed by atoms with van der Waals surface area (Å²) in [4.78, 5) is 13.5. The van der Waals surface area contributed by atoms with Gasteiger partial charge in [-0.25, -0.2) is 4.98 Å². The van der Waals surface area contributed by atoms with E-state index in [-0.39, 0.29) is 0 Å². The number of H-pyrrole nitrogens is 1. The second kappa shape index (κ2) is 11.2. The maximum Gasteiger partial charge on any atom is 0.308 e. The van der Waals surface area contributed by atoms with Crippen LogP contribution in [0.1, 0.15) is 0 Å². The topological polar surface area (TPSA) is 39.9 Å². The van der Waals surface area contributed by atoms with Crippen LogP contribution in [-0.2, 0) is 0 Å². The first-order valence-corrected chi connectivity index (χ1v) is 17.3. The molecule has 10 rings (SSSR count). The second-order valence-corrected chi connectivity index (χ2v) is 13.6. The molecule has 228 valence electrons. The predicted molar refractivity (Wildman–Crippen MR) is 206 cm³/mol. The SMILES string of the molecule is c1ccc(-c2nc(-c3ccccc3)[nH+]c(-c3ccc4sc5ccc(-c6ccc7c8ccccc8c8ccccc8c7c6)cc5c4c3)n2)cc1. The number of thiophene rings is 1. The van der Waals surface area contributed by atoms with E-state index in [2.05, 4.69) is 132 Å². The Kier molecular flexibility index (Phi) is 6.36. The first-order valence-electron chi connectivity index (χ1n) is 16.5. The highest BCUT2D eigenvalue weighted by molar-refractivity contribution is 7.25. The van der Waals surface area contributed by atoms with E-state index < -0.39 is 0 Å². The lowest BCUT2D eigenvalue weighted by atomic mass is 9.92. The summed E-state index contributed by atoms with van der Waals surface area (Å²) < 4.78 is 2.53. The quantitative estimate of drug-likeness (QED) is 0.179. The lowest BCUT2D eigenvalue weighted by Gasteiger charge is -2.12. The molecule has 2 aromatic heterocycles. The molecule has 0 saturated heterocycles. The van der Waals surface area contributed by atoms with Crippen molar-refractivity contribution >= 4 is 63.8 Å². The van der Waals surface area contributed by atoms with Crippen LogP contribution >= 0.6 is 11.3 Å². The van der Waals surface area contributed by atoms with Crippen LogP contribution in [0.25, 0.3) is 97.8 Å². The maximum atomic E-state index is 5.05. The summed E-state index contributed by atoms with van der Waals surface area (Å²) in [6.45, 7) is 0. The van der Waals surface area contributed by atoms with Crippen LogP contribution in [0.2, 0.25) is 0 Å². The Hall–Kier alpha value is -6.23. The molecule has 0 aliphatic rings. The van der Waals surface area contributed by atoms with Crippen LogP contribution in [0, 0.1) is 0 Å². The molecule has 0 fully saturated rings. The summed E-state index contributed by atoms with van der Waals surface area (Å²) in [5, 5.41) is 10.2. The molecule has 0 saturated carbocycles. The zero-order chi connectivity index (χ0) is 32.3. The fourth-order valence-corrected chi connectivity index (χ4v) is 8.25. The van der Waals surface area contributed by atoms with Crippen molar-refractivity contribution in [3.8, 4) is 45.3 Å². The Labute approximate surface area is 286 Å². The first-order chi connectivity index (χ1) is 24.3. The average Bonchev–Trinajstić information content (AvgIpc) is 3.55.